The summed E-state index contributed by atoms with van der Waals surface area (Å²) in [7, 11) is -3.51. The highest BCUT2D eigenvalue weighted by atomic mass is 79.9. The minimum absolute atomic E-state index is 0.136. The molecule has 1 fully saturated rings. The lowest BCUT2D eigenvalue weighted by Crippen LogP contribution is -2.28. The molecule has 1 aliphatic rings. The van der Waals surface area contributed by atoms with Gasteiger partial charge in [-0.15, -0.1) is 0 Å². The minimum Gasteiger partial charge on any atom is -0.380 e. The molecule has 94 valence electrons. The van der Waals surface area contributed by atoms with Crippen molar-refractivity contribution < 1.29 is 13.2 Å². The highest BCUT2D eigenvalue weighted by Gasteiger charge is 2.30. The van der Waals surface area contributed by atoms with Crippen molar-refractivity contribution in [3.8, 4) is 0 Å². The number of nitrogens with zero attached hydrogens (tertiary/aromatic N) is 2. The number of sulfonamides is 1. The molecule has 1 atom stereocenters. The first-order valence-electron chi connectivity index (χ1n) is 4.76. The van der Waals surface area contributed by atoms with Crippen LogP contribution in [0.4, 0.5) is 5.82 Å². The van der Waals surface area contributed by atoms with Gasteiger partial charge in [-0.25, -0.2) is 18.4 Å². The lowest BCUT2D eigenvalue weighted by atomic mass is 10.4. The Hall–Kier alpha value is -0.440. The van der Waals surface area contributed by atoms with Crippen LogP contribution in [0.1, 0.15) is 6.42 Å². The highest BCUT2D eigenvalue weighted by molar-refractivity contribution is 9.10. The second-order valence-electron chi connectivity index (χ2n) is 3.46. The quantitative estimate of drug-likeness (QED) is 0.840. The van der Waals surface area contributed by atoms with E-state index in [1.54, 1.807) is 0 Å². The molecule has 1 N–H and O–H groups in total. The van der Waals surface area contributed by atoms with Crippen LogP contribution in [0, 0.1) is 0 Å². The van der Waals surface area contributed by atoms with Gasteiger partial charge in [-0.1, -0.05) is 11.6 Å². The fraction of sp³-hybridized carbons (Fsp3) is 0.500. The molecule has 0 spiro atoms. The van der Waals surface area contributed by atoms with Gasteiger partial charge in [-0.05, 0) is 22.4 Å². The molecule has 0 aromatic carbocycles. The molecule has 2 heterocycles. The molecular formula is C8H9BrClN3O3S. The van der Waals surface area contributed by atoms with Gasteiger partial charge in [0, 0.05) is 6.61 Å². The maximum absolute atomic E-state index is 12.0. The Bertz CT molecular complexity index is 519. The van der Waals surface area contributed by atoms with E-state index < -0.39 is 15.3 Å². The Morgan fingerprint density at radius 1 is 1.53 bits per heavy atom. The number of hydrogen-bond donors (Lipinski definition) is 1. The van der Waals surface area contributed by atoms with Gasteiger partial charge < -0.3 is 4.74 Å². The Morgan fingerprint density at radius 2 is 2.29 bits per heavy atom. The van der Waals surface area contributed by atoms with Crippen molar-refractivity contribution >= 4 is 43.4 Å². The lowest BCUT2D eigenvalue weighted by Gasteiger charge is -2.12. The summed E-state index contributed by atoms with van der Waals surface area (Å²) in [5, 5.41) is -0.400. The summed E-state index contributed by atoms with van der Waals surface area (Å²) in [5.74, 6) is 0.136. The SMILES string of the molecule is O=S(=O)(Nc1ncnc(Cl)c1Br)C1CCOC1. The lowest BCUT2D eigenvalue weighted by molar-refractivity contribution is 0.198. The van der Waals surface area contributed by atoms with E-state index in [1.807, 2.05) is 0 Å². The normalized spacial score (nSPS) is 20.5. The number of halogens is 2. The van der Waals surface area contributed by atoms with Gasteiger partial charge in [-0.2, -0.15) is 0 Å². The number of rotatable bonds is 3. The number of anilines is 1. The average molecular weight is 343 g/mol. The molecule has 0 radical (unpaired) electrons. The predicted molar refractivity (Wildman–Crippen MR) is 66.5 cm³/mol. The fourth-order valence-electron chi connectivity index (χ4n) is 1.40. The summed E-state index contributed by atoms with van der Waals surface area (Å²) < 4.78 is 31.6. The van der Waals surface area contributed by atoms with Crippen molar-refractivity contribution in [1.29, 1.82) is 0 Å². The Balaban J connectivity index is 2.23. The smallest absolute Gasteiger partial charge is 0.239 e. The number of ether oxygens (including phenoxy) is 1. The van der Waals surface area contributed by atoms with Crippen molar-refractivity contribution in [2.75, 3.05) is 17.9 Å². The second kappa shape index (κ2) is 5.05. The van der Waals surface area contributed by atoms with Crippen LogP contribution in [0.3, 0.4) is 0 Å². The molecule has 1 aromatic rings. The monoisotopic (exact) mass is 341 g/mol. The van der Waals surface area contributed by atoms with E-state index in [1.165, 1.54) is 6.33 Å². The average Bonchev–Trinajstić information content (AvgIpc) is 2.78. The number of aromatic nitrogens is 2. The molecule has 1 aromatic heterocycles. The molecule has 0 bridgehead atoms. The Kier molecular flexibility index (Phi) is 3.86. The molecule has 1 aliphatic heterocycles. The van der Waals surface area contributed by atoms with Crippen LogP contribution in [0.5, 0.6) is 0 Å². The van der Waals surface area contributed by atoms with E-state index in [2.05, 4.69) is 30.6 Å². The second-order valence-corrected chi connectivity index (χ2v) is 6.57. The van der Waals surface area contributed by atoms with E-state index in [0.717, 1.165) is 0 Å². The third kappa shape index (κ3) is 2.87. The zero-order valence-electron chi connectivity index (χ0n) is 8.56. The van der Waals surface area contributed by atoms with Crippen molar-refractivity contribution in [3.05, 3.63) is 16.0 Å². The van der Waals surface area contributed by atoms with E-state index in [9.17, 15) is 8.42 Å². The van der Waals surface area contributed by atoms with Crippen molar-refractivity contribution in [1.82, 2.24) is 9.97 Å². The van der Waals surface area contributed by atoms with Crippen LogP contribution < -0.4 is 4.72 Å². The van der Waals surface area contributed by atoms with Gasteiger partial charge in [0.1, 0.15) is 16.7 Å². The van der Waals surface area contributed by atoms with Gasteiger partial charge >= 0.3 is 0 Å². The molecule has 0 saturated carbocycles. The molecule has 17 heavy (non-hydrogen) atoms. The predicted octanol–water partition coefficient (Wildman–Crippen LogP) is 1.42. The van der Waals surface area contributed by atoms with E-state index in [4.69, 9.17) is 16.3 Å². The van der Waals surface area contributed by atoms with Gasteiger partial charge in [0.15, 0.2) is 5.82 Å². The summed E-state index contributed by atoms with van der Waals surface area (Å²) in [6.45, 7) is 0.656. The van der Waals surface area contributed by atoms with Crippen molar-refractivity contribution in [2.24, 2.45) is 0 Å². The third-order valence-corrected chi connectivity index (χ3v) is 5.31. The maximum atomic E-state index is 12.0. The first-order valence-corrected chi connectivity index (χ1v) is 7.48. The van der Waals surface area contributed by atoms with E-state index in [0.29, 0.717) is 17.5 Å². The standard InChI is InChI=1S/C8H9BrClN3O3S/c9-6-7(10)11-4-12-8(6)13-17(14,15)5-1-2-16-3-5/h4-5H,1-3H2,(H,11,12,13). The van der Waals surface area contributed by atoms with Crippen molar-refractivity contribution in [3.63, 3.8) is 0 Å². The Morgan fingerprint density at radius 3 is 2.94 bits per heavy atom. The summed E-state index contributed by atoms with van der Waals surface area (Å²) in [4.78, 5) is 7.54. The summed E-state index contributed by atoms with van der Waals surface area (Å²) >= 11 is 8.87. The molecule has 9 heteroatoms. The van der Waals surface area contributed by atoms with Gasteiger partial charge in [0.25, 0.3) is 0 Å². The molecule has 0 amide bonds. The number of nitrogens with one attached hydrogen (secondary N) is 1. The molecule has 1 unspecified atom stereocenters. The fourth-order valence-corrected chi connectivity index (χ4v) is 3.24. The molecule has 6 nitrogen and oxygen atoms in total. The van der Waals surface area contributed by atoms with Crippen molar-refractivity contribution in [2.45, 2.75) is 11.7 Å². The highest BCUT2D eigenvalue weighted by Crippen LogP contribution is 2.28. The van der Waals surface area contributed by atoms with Crippen LogP contribution in [0.25, 0.3) is 0 Å². The topological polar surface area (TPSA) is 81.2 Å². The largest absolute Gasteiger partial charge is 0.380 e. The Labute approximate surface area is 112 Å². The van der Waals surface area contributed by atoms with Crippen LogP contribution in [0.2, 0.25) is 5.15 Å². The molecule has 0 aliphatic carbocycles. The first-order chi connectivity index (χ1) is 8.00. The van der Waals surface area contributed by atoms with E-state index in [-0.39, 0.29) is 17.6 Å². The van der Waals surface area contributed by atoms with Gasteiger partial charge in [0.05, 0.1) is 11.1 Å². The molecular weight excluding hydrogens is 334 g/mol. The summed E-state index contributed by atoms with van der Waals surface area (Å²) in [6, 6.07) is 0. The van der Waals surface area contributed by atoms with Gasteiger partial charge in [0.2, 0.25) is 10.0 Å². The number of hydrogen-bond acceptors (Lipinski definition) is 5. The van der Waals surface area contributed by atoms with Crippen LogP contribution in [0.15, 0.2) is 10.8 Å². The third-order valence-electron chi connectivity index (χ3n) is 2.31. The summed E-state index contributed by atoms with van der Waals surface area (Å²) in [5.41, 5.74) is 0. The van der Waals surface area contributed by atoms with Crippen LogP contribution >= 0.6 is 27.5 Å². The van der Waals surface area contributed by atoms with Gasteiger partial charge in [-0.3, -0.25) is 4.72 Å². The minimum atomic E-state index is -3.51. The van der Waals surface area contributed by atoms with Crippen LogP contribution in [-0.2, 0) is 14.8 Å². The molecule has 2 rings (SSSR count). The zero-order chi connectivity index (χ0) is 12.5. The van der Waals surface area contributed by atoms with E-state index >= 15 is 0 Å². The maximum Gasteiger partial charge on any atom is 0.239 e. The first kappa shape index (κ1) is 13.0. The zero-order valence-corrected chi connectivity index (χ0v) is 11.7. The van der Waals surface area contributed by atoms with Crippen LogP contribution in [-0.4, -0.2) is 36.8 Å². The summed E-state index contributed by atoms with van der Waals surface area (Å²) in [6.07, 6.45) is 1.67. The molecule has 1 saturated heterocycles.